The number of methoxy groups -OCH3 is 1. The predicted octanol–water partition coefficient (Wildman–Crippen LogP) is 2.69. The Bertz CT molecular complexity index is 1320. The van der Waals surface area contributed by atoms with E-state index in [1.54, 1.807) is 48.5 Å². The maximum Gasteiger partial charge on any atom is 0.509 e. The number of aliphatic hydroxyl groups is 3. The summed E-state index contributed by atoms with van der Waals surface area (Å²) in [6.45, 7) is 16.6. The van der Waals surface area contributed by atoms with Gasteiger partial charge in [0.05, 0.1) is 47.5 Å². The van der Waals surface area contributed by atoms with E-state index in [2.05, 4.69) is 0 Å². The lowest BCUT2D eigenvalue weighted by Crippen LogP contribution is -2.60. The minimum absolute atomic E-state index is 0.0872. The number of cyclic esters (lactones) is 2. The maximum atomic E-state index is 14.3. The Morgan fingerprint density at radius 3 is 2.07 bits per heavy atom. The number of esters is 2. The van der Waals surface area contributed by atoms with Gasteiger partial charge in [0, 0.05) is 31.9 Å². The molecule has 0 spiro atoms. The summed E-state index contributed by atoms with van der Waals surface area (Å²) >= 11 is 0. The van der Waals surface area contributed by atoms with Crippen LogP contribution in [0.25, 0.3) is 0 Å². The van der Waals surface area contributed by atoms with Crippen molar-refractivity contribution in [2.75, 3.05) is 21.2 Å². The van der Waals surface area contributed by atoms with Crippen LogP contribution in [-0.4, -0.2) is 150 Å². The highest BCUT2D eigenvalue weighted by Gasteiger charge is 2.59. The van der Waals surface area contributed by atoms with Crippen LogP contribution < -0.4 is 0 Å². The van der Waals surface area contributed by atoms with E-state index in [9.17, 15) is 29.7 Å². The van der Waals surface area contributed by atoms with Crippen LogP contribution in [0.3, 0.4) is 0 Å². The Morgan fingerprint density at radius 1 is 0.852 bits per heavy atom. The van der Waals surface area contributed by atoms with Crippen molar-refractivity contribution >= 4 is 18.1 Å². The average Bonchev–Trinajstić information content (AvgIpc) is 3.40. The molecule has 4 fully saturated rings. The molecule has 16 heteroatoms. The lowest BCUT2D eigenvalue weighted by molar-refractivity contribution is -0.318. The Balaban J connectivity index is 1.83. The molecule has 4 saturated heterocycles. The van der Waals surface area contributed by atoms with Crippen molar-refractivity contribution in [2.24, 2.45) is 17.8 Å². The summed E-state index contributed by atoms with van der Waals surface area (Å²) in [5.41, 5.74) is -4.42. The van der Waals surface area contributed by atoms with Gasteiger partial charge < -0.3 is 62.9 Å². The van der Waals surface area contributed by atoms with E-state index in [1.807, 2.05) is 25.9 Å². The van der Waals surface area contributed by atoms with Gasteiger partial charge in [0.25, 0.3) is 0 Å². The topological polar surface area (TPSA) is 198 Å². The summed E-state index contributed by atoms with van der Waals surface area (Å²) < 4.78 is 54.4. The summed E-state index contributed by atoms with van der Waals surface area (Å²) in [6, 6.07) is -0.332. The quantitative estimate of drug-likeness (QED) is 0.252. The van der Waals surface area contributed by atoms with E-state index in [0.29, 0.717) is 6.42 Å². The first-order valence-corrected chi connectivity index (χ1v) is 19.2. The molecule has 54 heavy (non-hydrogen) atoms. The van der Waals surface area contributed by atoms with Crippen LogP contribution in [0.2, 0.25) is 0 Å². The Hall–Kier alpha value is -2.15. The number of aliphatic hydroxyl groups excluding tert-OH is 2. The van der Waals surface area contributed by atoms with Crippen molar-refractivity contribution < 1.29 is 72.3 Å². The number of ether oxygens (including phenoxy) is 9. The van der Waals surface area contributed by atoms with Crippen LogP contribution in [-0.2, 0) is 52.2 Å². The normalized spacial score (nSPS) is 48.5. The van der Waals surface area contributed by atoms with Crippen molar-refractivity contribution in [1.29, 1.82) is 0 Å². The van der Waals surface area contributed by atoms with Crippen molar-refractivity contribution in [3.63, 3.8) is 0 Å². The zero-order valence-electron chi connectivity index (χ0n) is 34.2. The molecule has 3 N–H and O–H groups in total. The van der Waals surface area contributed by atoms with Crippen LogP contribution in [0.4, 0.5) is 4.79 Å². The van der Waals surface area contributed by atoms with Gasteiger partial charge in [-0.3, -0.25) is 9.59 Å². The summed E-state index contributed by atoms with van der Waals surface area (Å²) in [7, 11) is 5.18. The second-order valence-electron chi connectivity index (χ2n) is 16.8. The van der Waals surface area contributed by atoms with E-state index in [4.69, 9.17) is 42.6 Å². The lowest BCUT2D eigenvalue weighted by Gasteiger charge is -2.48. The highest BCUT2D eigenvalue weighted by Crippen LogP contribution is 2.42. The van der Waals surface area contributed by atoms with Gasteiger partial charge in [0.15, 0.2) is 24.3 Å². The van der Waals surface area contributed by atoms with Crippen molar-refractivity contribution in [3.05, 3.63) is 0 Å². The number of fused-ring (bicyclic) bond motifs is 1. The van der Waals surface area contributed by atoms with Gasteiger partial charge >= 0.3 is 18.1 Å². The second-order valence-corrected chi connectivity index (χ2v) is 16.8. The maximum absolute atomic E-state index is 14.3. The third kappa shape index (κ3) is 9.18. The zero-order chi connectivity index (χ0) is 40.7. The second kappa shape index (κ2) is 17.1. The largest absolute Gasteiger partial charge is 0.509 e. The molecule has 312 valence electrons. The van der Waals surface area contributed by atoms with Crippen molar-refractivity contribution in [3.8, 4) is 0 Å². The average molecular weight is 776 g/mol. The molecular formula is C38H65NO15. The van der Waals surface area contributed by atoms with Crippen molar-refractivity contribution in [2.45, 2.75) is 185 Å². The number of nitrogens with zero attached hydrogens (tertiary/aromatic N) is 1. The molecule has 0 aromatic rings. The molecule has 0 saturated carbocycles. The molecule has 0 aromatic heterocycles. The Morgan fingerprint density at radius 2 is 1.48 bits per heavy atom. The van der Waals surface area contributed by atoms with Gasteiger partial charge in [-0.25, -0.2) is 4.79 Å². The van der Waals surface area contributed by atoms with Gasteiger partial charge in [0.2, 0.25) is 0 Å². The third-order valence-corrected chi connectivity index (χ3v) is 12.0. The van der Waals surface area contributed by atoms with Gasteiger partial charge in [-0.2, -0.15) is 0 Å². The molecule has 1 unspecified atom stereocenters. The lowest BCUT2D eigenvalue weighted by atomic mass is 9.79. The van der Waals surface area contributed by atoms with Gasteiger partial charge in [-0.1, -0.05) is 13.8 Å². The van der Waals surface area contributed by atoms with E-state index < -0.39 is 114 Å². The SMILES string of the molecule is CC[C@H]1OC(=O)[C@H](C)[C@@H](O[C@H]2C[C@@](C)(OC)[C@@H](O)[C@H](C)O2)[C@H](C)C(O[C@@H]2O[C@H](C)C[C@H](N(C)C)[C@H]2O)[C@](C)(O)C[C@@H](C)OC(=O)[C@H](C)[C@H]2OC(=O)O[C@@]21C. The first-order valence-electron chi connectivity index (χ1n) is 19.2. The number of rotatable bonds is 7. The molecule has 4 rings (SSSR count). The number of hydrogen-bond acceptors (Lipinski definition) is 16. The van der Waals surface area contributed by atoms with Crippen LogP contribution in [0, 0.1) is 17.8 Å². The Labute approximate surface area is 319 Å². The fourth-order valence-corrected chi connectivity index (χ4v) is 8.76. The molecular weight excluding hydrogens is 710 g/mol. The van der Waals surface area contributed by atoms with Crippen LogP contribution >= 0.6 is 0 Å². The number of hydrogen-bond donors (Lipinski definition) is 3. The monoisotopic (exact) mass is 775 g/mol. The smallest absolute Gasteiger partial charge is 0.462 e. The van der Waals surface area contributed by atoms with Crippen molar-refractivity contribution in [1.82, 2.24) is 4.90 Å². The molecule has 16 nitrogen and oxygen atoms in total. The molecule has 0 bridgehead atoms. The van der Waals surface area contributed by atoms with E-state index >= 15 is 0 Å². The molecule has 18 atom stereocenters. The fraction of sp³-hybridized carbons (Fsp3) is 0.921. The minimum atomic E-state index is -1.80. The molecule has 4 aliphatic rings. The summed E-state index contributed by atoms with van der Waals surface area (Å²) in [5.74, 6) is -4.43. The summed E-state index contributed by atoms with van der Waals surface area (Å²) in [4.78, 5) is 42.4. The zero-order valence-corrected chi connectivity index (χ0v) is 34.2. The minimum Gasteiger partial charge on any atom is -0.462 e. The molecule has 4 heterocycles. The predicted molar refractivity (Wildman–Crippen MR) is 191 cm³/mol. The molecule has 0 radical (unpaired) electrons. The molecule has 0 aliphatic carbocycles. The molecule has 4 aliphatic heterocycles. The van der Waals surface area contributed by atoms with E-state index in [1.165, 1.54) is 21.0 Å². The molecule has 0 amide bonds. The highest BCUT2D eigenvalue weighted by atomic mass is 16.8. The van der Waals surface area contributed by atoms with Gasteiger partial charge in [-0.15, -0.1) is 0 Å². The Kier molecular flexibility index (Phi) is 14.1. The van der Waals surface area contributed by atoms with Gasteiger partial charge in [0.1, 0.15) is 24.4 Å². The van der Waals surface area contributed by atoms with Crippen LogP contribution in [0.15, 0.2) is 0 Å². The fourth-order valence-electron chi connectivity index (χ4n) is 8.76. The van der Waals surface area contributed by atoms with Crippen LogP contribution in [0.5, 0.6) is 0 Å². The first kappa shape index (κ1) is 44.6. The first-order chi connectivity index (χ1) is 25.0. The summed E-state index contributed by atoms with van der Waals surface area (Å²) in [6.07, 6.45) is -11.1. The third-order valence-electron chi connectivity index (χ3n) is 12.0. The number of carbonyl (C=O) groups is 3. The highest BCUT2D eigenvalue weighted by molar-refractivity contribution is 5.76. The van der Waals surface area contributed by atoms with Crippen LogP contribution in [0.1, 0.15) is 94.9 Å². The van der Waals surface area contributed by atoms with E-state index in [-0.39, 0.29) is 31.4 Å². The number of likely N-dealkylation sites (N-methyl/N-ethyl adjacent to an activating group) is 1. The standard InChI is InChI=1S/C38H65NO15/c1-14-25-38(10)31(53-35(44)54-38)22(6)33(43)47-19(3)16-36(8,45)30(52-34-27(40)24(39(11)12)15-18(2)48-34)20(4)28(21(5)32(42)50-25)51-26-17-37(9,46-13)29(41)23(7)49-26/h18-31,34,40-41,45H,14-17H2,1-13H3/t18-,19-,20+,21-,22-,23+,24+,25-,26+,27-,28+,29+,30?,31-,34+,36-,37-,38-/m1/s1. The van der Waals surface area contributed by atoms with Gasteiger partial charge in [-0.05, 0) is 82.3 Å². The molecule has 0 aromatic carbocycles. The summed E-state index contributed by atoms with van der Waals surface area (Å²) in [5, 5.41) is 34.9. The van der Waals surface area contributed by atoms with E-state index in [0.717, 1.165) is 0 Å². The number of carbonyl (C=O) groups excluding carboxylic acids is 3.